The number of anilines is 1. The molecule has 8 heteroatoms. The van der Waals surface area contributed by atoms with Gasteiger partial charge in [-0.15, -0.1) is 11.8 Å². The first-order chi connectivity index (χ1) is 13.4. The molecular formula is C20H24N2O4S2. The lowest BCUT2D eigenvalue weighted by molar-refractivity contribution is -0.119. The Morgan fingerprint density at radius 1 is 1.25 bits per heavy atom. The van der Waals surface area contributed by atoms with Crippen molar-refractivity contribution in [3.8, 4) is 5.75 Å². The Balaban J connectivity index is 1.86. The molecule has 150 valence electrons. The average Bonchev–Trinajstić information content (AvgIpc) is 3.19. The first kappa shape index (κ1) is 20.7. The minimum atomic E-state index is -3.81. The number of carbonyl (C=O) groups excluding carboxylic acids is 1. The molecule has 1 fully saturated rings. The highest BCUT2D eigenvalue weighted by Crippen LogP contribution is 2.31. The molecule has 0 spiro atoms. The SMILES string of the molecule is COc1ccc(C)c(S(=O)(=O)N2CCC[C@H]2C(=O)Nc2cccc(SC)c2)c1. The monoisotopic (exact) mass is 420 g/mol. The number of carbonyl (C=O) groups is 1. The molecule has 0 bridgehead atoms. The predicted molar refractivity (Wildman–Crippen MR) is 111 cm³/mol. The van der Waals surface area contributed by atoms with Gasteiger partial charge in [0.2, 0.25) is 15.9 Å². The fraction of sp³-hybridized carbons (Fsp3) is 0.350. The van der Waals surface area contributed by atoms with Crippen LogP contribution >= 0.6 is 11.8 Å². The lowest BCUT2D eigenvalue weighted by atomic mass is 10.2. The molecule has 28 heavy (non-hydrogen) atoms. The Morgan fingerprint density at radius 3 is 2.75 bits per heavy atom. The van der Waals surface area contributed by atoms with E-state index in [1.54, 1.807) is 36.9 Å². The molecule has 0 radical (unpaired) electrons. The van der Waals surface area contributed by atoms with Crippen LogP contribution in [0.3, 0.4) is 0 Å². The summed E-state index contributed by atoms with van der Waals surface area (Å²) in [4.78, 5) is 14.1. The second kappa shape index (κ2) is 8.55. The van der Waals surface area contributed by atoms with Crippen LogP contribution in [-0.2, 0) is 14.8 Å². The zero-order chi connectivity index (χ0) is 20.3. The molecule has 0 aromatic heterocycles. The molecule has 1 aliphatic rings. The van der Waals surface area contributed by atoms with Gasteiger partial charge in [0, 0.05) is 23.2 Å². The van der Waals surface area contributed by atoms with Crippen LogP contribution in [0.2, 0.25) is 0 Å². The van der Waals surface area contributed by atoms with E-state index in [2.05, 4.69) is 5.32 Å². The number of thioether (sulfide) groups is 1. The first-order valence-electron chi connectivity index (χ1n) is 8.98. The number of methoxy groups -OCH3 is 1. The van der Waals surface area contributed by atoms with Crippen LogP contribution in [0.4, 0.5) is 5.69 Å². The third-order valence-electron chi connectivity index (χ3n) is 4.83. The molecule has 1 saturated heterocycles. The van der Waals surface area contributed by atoms with Gasteiger partial charge < -0.3 is 10.1 Å². The first-order valence-corrected chi connectivity index (χ1v) is 11.6. The molecule has 1 aliphatic heterocycles. The van der Waals surface area contributed by atoms with Crippen LogP contribution in [-0.4, -0.2) is 44.6 Å². The molecule has 1 heterocycles. The fourth-order valence-electron chi connectivity index (χ4n) is 3.33. The Hall–Kier alpha value is -2.03. The third-order valence-corrected chi connectivity index (χ3v) is 7.60. The van der Waals surface area contributed by atoms with Crippen molar-refractivity contribution < 1.29 is 17.9 Å². The van der Waals surface area contributed by atoms with E-state index in [9.17, 15) is 13.2 Å². The number of hydrogen-bond acceptors (Lipinski definition) is 5. The number of aryl methyl sites for hydroxylation is 1. The van der Waals surface area contributed by atoms with Crippen LogP contribution in [0.15, 0.2) is 52.3 Å². The number of amides is 1. The summed E-state index contributed by atoms with van der Waals surface area (Å²) in [5.41, 5.74) is 1.29. The molecule has 1 amide bonds. The van der Waals surface area contributed by atoms with Crippen molar-refractivity contribution >= 4 is 33.4 Å². The van der Waals surface area contributed by atoms with Crippen LogP contribution in [0, 0.1) is 6.92 Å². The highest BCUT2D eigenvalue weighted by molar-refractivity contribution is 7.98. The third kappa shape index (κ3) is 4.19. The summed E-state index contributed by atoms with van der Waals surface area (Å²) in [6, 6.07) is 11.7. The lowest BCUT2D eigenvalue weighted by Crippen LogP contribution is -2.43. The van der Waals surface area contributed by atoms with Crippen LogP contribution < -0.4 is 10.1 Å². The van der Waals surface area contributed by atoms with Gasteiger partial charge in [0.25, 0.3) is 0 Å². The number of nitrogens with one attached hydrogen (secondary N) is 1. The summed E-state index contributed by atoms with van der Waals surface area (Å²) in [5, 5.41) is 2.87. The number of ether oxygens (including phenoxy) is 1. The molecule has 1 atom stereocenters. The van der Waals surface area contributed by atoms with Gasteiger partial charge in [-0.3, -0.25) is 4.79 Å². The summed E-state index contributed by atoms with van der Waals surface area (Å²) < 4.78 is 33.0. The van der Waals surface area contributed by atoms with Crippen molar-refractivity contribution in [2.75, 3.05) is 25.2 Å². The Labute approximate surface area is 170 Å². The maximum Gasteiger partial charge on any atom is 0.244 e. The standard InChI is InChI=1S/C20H24N2O4S2/c1-14-9-10-16(26-2)13-19(14)28(24,25)22-11-5-8-18(22)20(23)21-15-6-4-7-17(12-15)27-3/h4,6-7,9-10,12-13,18H,5,8,11H2,1-3H3,(H,21,23)/t18-/m0/s1. The van der Waals surface area contributed by atoms with Gasteiger partial charge in [-0.05, 0) is 55.9 Å². The summed E-state index contributed by atoms with van der Waals surface area (Å²) in [6.45, 7) is 2.06. The summed E-state index contributed by atoms with van der Waals surface area (Å²) in [6.07, 6.45) is 3.10. The van der Waals surface area contributed by atoms with E-state index in [4.69, 9.17) is 4.74 Å². The number of rotatable bonds is 6. The molecule has 2 aromatic carbocycles. The van der Waals surface area contributed by atoms with Gasteiger partial charge >= 0.3 is 0 Å². The Morgan fingerprint density at radius 2 is 2.04 bits per heavy atom. The minimum absolute atomic E-state index is 0.177. The minimum Gasteiger partial charge on any atom is -0.497 e. The highest BCUT2D eigenvalue weighted by atomic mass is 32.2. The van der Waals surface area contributed by atoms with Crippen molar-refractivity contribution in [3.05, 3.63) is 48.0 Å². The Kier molecular flexibility index (Phi) is 6.32. The molecule has 0 unspecified atom stereocenters. The van der Waals surface area contributed by atoms with E-state index in [0.717, 1.165) is 4.90 Å². The second-order valence-corrected chi connectivity index (χ2v) is 9.37. The summed E-state index contributed by atoms with van der Waals surface area (Å²) in [5.74, 6) is 0.165. The molecule has 3 rings (SSSR count). The second-order valence-electron chi connectivity index (χ2n) is 6.63. The van der Waals surface area contributed by atoms with Crippen LogP contribution in [0.1, 0.15) is 18.4 Å². The van der Waals surface area contributed by atoms with E-state index in [1.807, 2.05) is 24.5 Å². The van der Waals surface area contributed by atoms with Gasteiger partial charge in [-0.25, -0.2) is 8.42 Å². The van der Waals surface area contributed by atoms with Crippen molar-refractivity contribution in [1.82, 2.24) is 4.31 Å². The average molecular weight is 421 g/mol. The predicted octanol–water partition coefficient (Wildman–Crippen LogP) is 3.52. The molecule has 0 aliphatic carbocycles. The molecule has 2 aromatic rings. The quantitative estimate of drug-likeness (QED) is 0.724. The van der Waals surface area contributed by atoms with Crippen molar-refractivity contribution in [2.24, 2.45) is 0 Å². The van der Waals surface area contributed by atoms with E-state index < -0.39 is 16.1 Å². The zero-order valence-corrected chi connectivity index (χ0v) is 17.8. The topological polar surface area (TPSA) is 75.7 Å². The van der Waals surface area contributed by atoms with Gasteiger partial charge in [-0.1, -0.05) is 12.1 Å². The van der Waals surface area contributed by atoms with Crippen LogP contribution in [0.25, 0.3) is 0 Å². The molecule has 0 saturated carbocycles. The normalized spacial score (nSPS) is 17.5. The summed E-state index contributed by atoms with van der Waals surface area (Å²) in [7, 11) is -2.32. The summed E-state index contributed by atoms with van der Waals surface area (Å²) >= 11 is 1.58. The lowest BCUT2D eigenvalue weighted by Gasteiger charge is -2.24. The largest absolute Gasteiger partial charge is 0.497 e. The maximum absolute atomic E-state index is 13.3. The van der Waals surface area contributed by atoms with Gasteiger partial charge in [0.05, 0.1) is 12.0 Å². The molecule has 1 N–H and O–H groups in total. The Bertz CT molecular complexity index is 976. The van der Waals surface area contributed by atoms with Gasteiger partial charge in [-0.2, -0.15) is 4.31 Å². The fourth-order valence-corrected chi connectivity index (χ4v) is 5.69. The molecule has 6 nitrogen and oxygen atoms in total. The van der Waals surface area contributed by atoms with E-state index >= 15 is 0 Å². The van der Waals surface area contributed by atoms with Gasteiger partial charge in [0.1, 0.15) is 11.8 Å². The van der Waals surface area contributed by atoms with Crippen LogP contribution in [0.5, 0.6) is 5.75 Å². The van der Waals surface area contributed by atoms with E-state index in [0.29, 0.717) is 36.4 Å². The van der Waals surface area contributed by atoms with Crippen molar-refractivity contribution in [3.63, 3.8) is 0 Å². The number of nitrogens with zero attached hydrogens (tertiary/aromatic N) is 1. The number of hydrogen-bond donors (Lipinski definition) is 1. The zero-order valence-electron chi connectivity index (χ0n) is 16.1. The molecular weight excluding hydrogens is 396 g/mol. The van der Waals surface area contributed by atoms with Gasteiger partial charge in [0.15, 0.2) is 0 Å². The highest BCUT2D eigenvalue weighted by Gasteiger charge is 2.40. The van der Waals surface area contributed by atoms with E-state index in [-0.39, 0.29) is 10.8 Å². The maximum atomic E-state index is 13.3. The van der Waals surface area contributed by atoms with E-state index in [1.165, 1.54) is 17.5 Å². The van der Waals surface area contributed by atoms with Crippen molar-refractivity contribution in [2.45, 2.75) is 35.6 Å². The number of sulfonamides is 1. The smallest absolute Gasteiger partial charge is 0.244 e. The number of benzene rings is 2. The van der Waals surface area contributed by atoms with Crippen molar-refractivity contribution in [1.29, 1.82) is 0 Å².